The molecule has 0 atom stereocenters. The second kappa shape index (κ2) is 6.24. The summed E-state index contributed by atoms with van der Waals surface area (Å²) in [7, 11) is -3.46. The number of rotatable bonds is 3. The maximum Gasteiger partial charge on any atom is 0.244 e. The average Bonchev–Trinajstić information content (AvgIpc) is 3.02. The van der Waals surface area contributed by atoms with Gasteiger partial charge in [0.2, 0.25) is 10.0 Å². The minimum Gasteiger partial charge on any atom is -0.300 e. The third kappa shape index (κ3) is 3.11. The summed E-state index contributed by atoms with van der Waals surface area (Å²) in [6.45, 7) is 3.52. The molecular weight excluding hydrogens is 308 g/mol. The second-order valence-corrected chi connectivity index (χ2v) is 8.12. The highest BCUT2D eigenvalue weighted by molar-refractivity contribution is 7.89. The average molecular weight is 329 g/mol. The van der Waals surface area contributed by atoms with Gasteiger partial charge in [-0.15, -0.1) is 0 Å². The molecule has 0 unspecified atom stereocenters. The van der Waals surface area contributed by atoms with Crippen molar-refractivity contribution < 1.29 is 8.42 Å². The summed E-state index contributed by atoms with van der Waals surface area (Å²) >= 11 is 6.05. The summed E-state index contributed by atoms with van der Waals surface area (Å²) in [5, 5.41) is 0.305. The molecule has 1 aromatic carbocycles. The van der Waals surface area contributed by atoms with Crippen LogP contribution in [-0.4, -0.2) is 49.8 Å². The largest absolute Gasteiger partial charge is 0.300 e. The molecule has 2 heterocycles. The zero-order valence-corrected chi connectivity index (χ0v) is 13.6. The highest BCUT2D eigenvalue weighted by atomic mass is 35.5. The number of hydrogen-bond donors (Lipinski definition) is 0. The lowest BCUT2D eigenvalue weighted by Gasteiger charge is -2.36. The molecule has 0 aliphatic carbocycles. The van der Waals surface area contributed by atoms with E-state index in [1.807, 2.05) is 0 Å². The maximum absolute atomic E-state index is 12.7. The predicted molar refractivity (Wildman–Crippen MR) is 84.0 cm³/mol. The van der Waals surface area contributed by atoms with Gasteiger partial charge in [-0.25, -0.2) is 8.42 Å². The van der Waals surface area contributed by atoms with Gasteiger partial charge in [-0.1, -0.05) is 23.7 Å². The Morgan fingerprint density at radius 3 is 2.24 bits per heavy atom. The fourth-order valence-electron chi connectivity index (χ4n) is 3.35. The number of likely N-dealkylation sites (tertiary alicyclic amines) is 1. The van der Waals surface area contributed by atoms with Crippen LogP contribution < -0.4 is 0 Å². The summed E-state index contributed by atoms with van der Waals surface area (Å²) in [4.78, 5) is 2.74. The molecule has 2 saturated heterocycles. The van der Waals surface area contributed by atoms with E-state index >= 15 is 0 Å². The van der Waals surface area contributed by atoms with E-state index in [9.17, 15) is 8.42 Å². The quantitative estimate of drug-likeness (QED) is 0.856. The first-order valence-electron chi connectivity index (χ1n) is 7.58. The lowest BCUT2D eigenvalue weighted by Crippen LogP contribution is -2.45. The van der Waals surface area contributed by atoms with Crippen molar-refractivity contribution >= 4 is 21.6 Å². The summed E-state index contributed by atoms with van der Waals surface area (Å²) in [5.74, 6) is 0. The molecule has 2 fully saturated rings. The van der Waals surface area contributed by atoms with E-state index in [1.54, 1.807) is 28.6 Å². The predicted octanol–water partition coefficient (Wildman–Crippen LogP) is 2.59. The molecular formula is C15H21ClN2O2S. The molecule has 2 aliphatic rings. The number of nitrogens with zero attached hydrogens (tertiary/aromatic N) is 2. The smallest absolute Gasteiger partial charge is 0.244 e. The molecule has 3 rings (SSSR count). The lowest BCUT2D eigenvalue weighted by atomic mass is 10.1. The third-order valence-corrected chi connectivity index (χ3v) is 6.93. The van der Waals surface area contributed by atoms with Crippen LogP contribution in [0.5, 0.6) is 0 Å². The van der Waals surface area contributed by atoms with Crippen molar-refractivity contribution in [3.63, 3.8) is 0 Å². The van der Waals surface area contributed by atoms with Crippen LogP contribution in [0.2, 0.25) is 5.02 Å². The fraction of sp³-hybridized carbons (Fsp3) is 0.600. The van der Waals surface area contributed by atoms with E-state index in [0.717, 1.165) is 12.8 Å². The van der Waals surface area contributed by atoms with Crippen molar-refractivity contribution in [2.24, 2.45) is 0 Å². The Bertz CT molecular complexity index is 591. The number of sulfonamides is 1. The van der Waals surface area contributed by atoms with E-state index in [0.29, 0.717) is 24.2 Å². The third-order valence-electron chi connectivity index (χ3n) is 4.53. The molecule has 116 valence electrons. The Labute approximate surface area is 131 Å². The molecule has 0 bridgehead atoms. The summed E-state index contributed by atoms with van der Waals surface area (Å²) in [6, 6.07) is 7.23. The highest BCUT2D eigenvalue weighted by Gasteiger charge is 2.33. The summed E-state index contributed by atoms with van der Waals surface area (Å²) in [5.41, 5.74) is 0. The van der Waals surface area contributed by atoms with Crippen LogP contribution in [0.25, 0.3) is 0 Å². The summed E-state index contributed by atoms with van der Waals surface area (Å²) in [6.07, 6.45) is 4.39. The molecule has 21 heavy (non-hydrogen) atoms. The molecule has 0 aromatic heterocycles. The van der Waals surface area contributed by atoms with Crippen LogP contribution in [0.3, 0.4) is 0 Å². The van der Waals surface area contributed by atoms with Gasteiger partial charge >= 0.3 is 0 Å². The van der Waals surface area contributed by atoms with Gasteiger partial charge in [0.05, 0.1) is 5.02 Å². The van der Waals surface area contributed by atoms with Crippen LogP contribution in [0, 0.1) is 0 Å². The van der Waals surface area contributed by atoms with Crippen molar-refractivity contribution in [2.45, 2.75) is 36.6 Å². The van der Waals surface area contributed by atoms with Gasteiger partial charge in [0.25, 0.3) is 0 Å². The Balaban J connectivity index is 1.70. The van der Waals surface area contributed by atoms with Crippen molar-refractivity contribution in [2.75, 3.05) is 26.2 Å². The van der Waals surface area contributed by atoms with Crippen molar-refractivity contribution in [1.29, 1.82) is 0 Å². The van der Waals surface area contributed by atoms with Crippen LogP contribution in [-0.2, 0) is 10.0 Å². The molecule has 1 aromatic rings. The van der Waals surface area contributed by atoms with E-state index in [4.69, 9.17) is 11.6 Å². The van der Waals surface area contributed by atoms with Gasteiger partial charge in [-0.2, -0.15) is 4.31 Å². The minimum absolute atomic E-state index is 0.228. The van der Waals surface area contributed by atoms with E-state index in [1.165, 1.54) is 25.9 Å². The zero-order chi connectivity index (χ0) is 14.9. The minimum atomic E-state index is -3.46. The second-order valence-electron chi connectivity index (χ2n) is 5.81. The first-order valence-corrected chi connectivity index (χ1v) is 9.39. The molecule has 0 amide bonds. The lowest BCUT2D eigenvalue weighted by molar-refractivity contribution is 0.168. The van der Waals surface area contributed by atoms with Crippen LogP contribution in [0.1, 0.15) is 25.7 Å². The maximum atomic E-state index is 12.7. The Morgan fingerprint density at radius 2 is 1.62 bits per heavy atom. The van der Waals surface area contributed by atoms with Crippen molar-refractivity contribution in [3.05, 3.63) is 29.3 Å². The standard InChI is InChI=1S/C15H21ClN2O2S/c16-14-5-1-2-6-15(14)21(19,20)18-11-7-13(8-12-18)17-9-3-4-10-17/h1-2,5-6,13H,3-4,7-12H2. The number of piperidine rings is 1. The van der Waals surface area contributed by atoms with Crippen molar-refractivity contribution in [1.82, 2.24) is 9.21 Å². The first kappa shape index (κ1) is 15.3. The van der Waals surface area contributed by atoms with Crippen LogP contribution in [0.4, 0.5) is 0 Å². The molecule has 2 aliphatic heterocycles. The topological polar surface area (TPSA) is 40.6 Å². The molecule has 4 nitrogen and oxygen atoms in total. The van der Waals surface area contributed by atoms with Crippen molar-refractivity contribution in [3.8, 4) is 0 Å². The van der Waals surface area contributed by atoms with Gasteiger partial charge in [-0.05, 0) is 50.9 Å². The van der Waals surface area contributed by atoms with E-state index < -0.39 is 10.0 Å². The number of hydrogen-bond acceptors (Lipinski definition) is 3. The number of benzene rings is 1. The Kier molecular flexibility index (Phi) is 4.54. The van der Waals surface area contributed by atoms with Gasteiger partial charge < -0.3 is 4.90 Å². The van der Waals surface area contributed by atoms with Gasteiger partial charge in [0.1, 0.15) is 4.90 Å². The first-order chi connectivity index (χ1) is 10.1. The molecule has 0 saturated carbocycles. The zero-order valence-electron chi connectivity index (χ0n) is 12.0. The van der Waals surface area contributed by atoms with Crippen LogP contribution >= 0.6 is 11.6 Å². The van der Waals surface area contributed by atoms with Gasteiger partial charge in [0, 0.05) is 19.1 Å². The Morgan fingerprint density at radius 1 is 1.00 bits per heavy atom. The normalized spacial score (nSPS) is 22.7. The van der Waals surface area contributed by atoms with Gasteiger partial charge in [0.15, 0.2) is 0 Å². The van der Waals surface area contributed by atoms with Gasteiger partial charge in [-0.3, -0.25) is 0 Å². The summed E-state index contributed by atoms with van der Waals surface area (Å²) < 4.78 is 26.9. The molecule has 6 heteroatoms. The Hall–Kier alpha value is -0.620. The molecule has 0 N–H and O–H groups in total. The van der Waals surface area contributed by atoms with E-state index in [-0.39, 0.29) is 4.90 Å². The monoisotopic (exact) mass is 328 g/mol. The molecule has 0 radical (unpaired) electrons. The molecule has 0 spiro atoms. The van der Waals surface area contributed by atoms with Crippen LogP contribution in [0.15, 0.2) is 29.2 Å². The SMILES string of the molecule is O=S(=O)(c1ccccc1Cl)N1CCC(N2CCCC2)CC1. The van der Waals surface area contributed by atoms with E-state index in [2.05, 4.69) is 4.90 Å². The highest BCUT2D eigenvalue weighted by Crippen LogP contribution is 2.28. The fourth-order valence-corrected chi connectivity index (χ4v) is 5.31. The number of halogens is 1.